The minimum absolute atomic E-state index is 0.00214. The van der Waals surface area contributed by atoms with Crippen LogP contribution in [0.2, 0.25) is 5.02 Å². The molecule has 0 aliphatic carbocycles. The zero-order valence-electron chi connectivity index (χ0n) is 16.9. The van der Waals surface area contributed by atoms with E-state index in [4.69, 9.17) is 25.8 Å². The van der Waals surface area contributed by atoms with Crippen molar-refractivity contribution in [3.8, 4) is 34.2 Å². The molecule has 0 unspecified atom stereocenters. The van der Waals surface area contributed by atoms with Gasteiger partial charge in [-0.3, -0.25) is 0 Å². The quantitative estimate of drug-likeness (QED) is 0.575. The SMILES string of the molecule is COc1cc(-c2nn(-c3ccc(Cl)cc3C(F)(F)F)c3c2CCN3)cc(OC)c1OC. The lowest BCUT2D eigenvalue weighted by Crippen LogP contribution is -2.13. The molecular weight excluding hydrogens is 435 g/mol. The molecule has 0 saturated heterocycles. The van der Waals surface area contributed by atoms with Crippen molar-refractivity contribution >= 4 is 17.4 Å². The second-order valence-electron chi connectivity index (χ2n) is 6.84. The molecule has 1 aromatic heterocycles. The summed E-state index contributed by atoms with van der Waals surface area (Å²) in [5, 5.41) is 7.68. The molecule has 0 radical (unpaired) electrons. The number of benzene rings is 2. The highest BCUT2D eigenvalue weighted by Gasteiger charge is 2.36. The number of halogens is 4. The van der Waals surface area contributed by atoms with Crippen molar-refractivity contribution in [1.29, 1.82) is 0 Å². The third-order valence-electron chi connectivity index (χ3n) is 5.08. The van der Waals surface area contributed by atoms with Crippen molar-refractivity contribution in [3.05, 3.63) is 46.5 Å². The Morgan fingerprint density at radius 3 is 2.29 bits per heavy atom. The maximum absolute atomic E-state index is 13.7. The maximum atomic E-state index is 13.7. The second kappa shape index (κ2) is 7.88. The first-order valence-corrected chi connectivity index (χ1v) is 9.69. The number of methoxy groups -OCH3 is 3. The van der Waals surface area contributed by atoms with Crippen molar-refractivity contribution in [2.24, 2.45) is 0 Å². The number of nitrogens with one attached hydrogen (secondary N) is 1. The number of fused-ring (bicyclic) bond motifs is 1. The number of aromatic nitrogens is 2. The number of alkyl halides is 3. The van der Waals surface area contributed by atoms with Crippen LogP contribution in [-0.2, 0) is 12.6 Å². The predicted octanol–water partition coefficient (Wildman–Crippen LogP) is 5.21. The lowest BCUT2D eigenvalue weighted by atomic mass is 10.1. The van der Waals surface area contributed by atoms with Crippen molar-refractivity contribution in [1.82, 2.24) is 9.78 Å². The van der Waals surface area contributed by atoms with Gasteiger partial charge < -0.3 is 19.5 Å². The molecule has 3 aromatic rings. The lowest BCUT2D eigenvalue weighted by Gasteiger charge is -2.15. The van der Waals surface area contributed by atoms with Gasteiger partial charge in [-0.05, 0) is 36.8 Å². The summed E-state index contributed by atoms with van der Waals surface area (Å²) in [5.74, 6) is 1.78. The summed E-state index contributed by atoms with van der Waals surface area (Å²) < 4.78 is 58.6. The predicted molar refractivity (Wildman–Crippen MR) is 111 cm³/mol. The smallest absolute Gasteiger partial charge is 0.418 e. The van der Waals surface area contributed by atoms with E-state index in [-0.39, 0.29) is 10.7 Å². The molecule has 2 aromatic carbocycles. The Bertz CT molecular complexity index is 1120. The first kappa shape index (κ1) is 21.2. The Morgan fingerprint density at radius 1 is 1.03 bits per heavy atom. The van der Waals surface area contributed by atoms with E-state index in [1.807, 2.05) is 0 Å². The van der Waals surface area contributed by atoms with Crippen LogP contribution < -0.4 is 19.5 Å². The third kappa shape index (κ3) is 3.63. The third-order valence-corrected chi connectivity index (χ3v) is 5.32. The van der Waals surface area contributed by atoms with E-state index in [0.717, 1.165) is 11.6 Å². The van der Waals surface area contributed by atoms with Crippen LogP contribution in [-0.4, -0.2) is 37.7 Å². The zero-order valence-corrected chi connectivity index (χ0v) is 17.7. The fourth-order valence-electron chi connectivity index (χ4n) is 3.72. The molecule has 10 heteroatoms. The minimum Gasteiger partial charge on any atom is -0.493 e. The highest BCUT2D eigenvalue weighted by Crippen LogP contribution is 2.44. The van der Waals surface area contributed by atoms with E-state index >= 15 is 0 Å². The molecule has 0 saturated carbocycles. The van der Waals surface area contributed by atoms with Crippen LogP contribution in [0.1, 0.15) is 11.1 Å². The molecule has 4 rings (SSSR count). The van der Waals surface area contributed by atoms with Crippen molar-refractivity contribution in [2.45, 2.75) is 12.6 Å². The summed E-state index contributed by atoms with van der Waals surface area (Å²) >= 11 is 5.84. The van der Waals surface area contributed by atoms with Crippen LogP contribution >= 0.6 is 11.6 Å². The Balaban J connectivity index is 1.94. The van der Waals surface area contributed by atoms with Gasteiger partial charge in [0, 0.05) is 22.7 Å². The van der Waals surface area contributed by atoms with E-state index in [2.05, 4.69) is 10.4 Å². The average Bonchev–Trinajstić information content (AvgIpc) is 3.35. The first-order valence-electron chi connectivity index (χ1n) is 9.31. The number of hydrogen-bond donors (Lipinski definition) is 1. The van der Waals surface area contributed by atoms with Gasteiger partial charge in [-0.25, -0.2) is 4.68 Å². The van der Waals surface area contributed by atoms with Crippen LogP contribution in [0.3, 0.4) is 0 Å². The normalized spacial score (nSPS) is 13.0. The molecule has 31 heavy (non-hydrogen) atoms. The van der Waals surface area contributed by atoms with Gasteiger partial charge in [0.05, 0.1) is 38.3 Å². The molecular formula is C21H19ClF3N3O3. The summed E-state index contributed by atoms with van der Waals surface area (Å²) in [6.07, 6.45) is -3.99. The van der Waals surface area contributed by atoms with Gasteiger partial charge >= 0.3 is 6.18 Å². The van der Waals surface area contributed by atoms with E-state index < -0.39 is 11.7 Å². The van der Waals surface area contributed by atoms with Crippen LogP contribution in [0.5, 0.6) is 17.2 Å². The molecule has 0 bridgehead atoms. The first-order chi connectivity index (χ1) is 14.8. The van der Waals surface area contributed by atoms with Gasteiger partial charge in [0.1, 0.15) is 5.82 Å². The van der Waals surface area contributed by atoms with Gasteiger partial charge in [-0.2, -0.15) is 18.3 Å². The number of ether oxygens (including phenoxy) is 3. The number of anilines is 1. The van der Waals surface area contributed by atoms with Crippen molar-refractivity contribution in [2.75, 3.05) is 33.2 Å². The molecule has 0 fully saturated rings. The number of rotatable bonds is 5. The lowest BCUT2D eigenvalue weighted by molar-refractivity contribution is -0.137. The van der Waals surface area contributed by atoms with E-state index in [9.17, 15) is 13.2 Å². The molecule has 164 valence electrons. The maximum Gasteiger partial charge on any atom is 0.418 e. The Morgan fingerprint density at radius 2 is 1.71 bits per heavy atom. The molecule has 0 spiro atoms. The van der Waals surface area contributed by atoms with Crippen LogP contribution in [0.4, 0.5) is 19.0 Å². The molecule has 1 aliphatic heterocycles. The van der Waals surface area contributed by atoms with Crippen LogP contribution in [0.25, 0.3) is 16.9 Å². The average molecular weight is 454 g/mol. The molecule has 0 atom stereocenters. The van der Waals surface area contributed by atoms with Gasteiger partial charge in [0.2, 0.25) is 5.75 Å². The van der Waals surface area contributed by atoms with E-state index in [1.54, 1.807) is 12.1 Å². The van der Waals surface area contributed by atoms with Crippen molar-refractivity contribution in [3.63, 3.8) is 0 Å². The molecule has 1 aliphatic rings. The molecule has 1 N–H and O–H groups in total. The summed E-state index contributed by atoms with van der Waals surface area (Å²) in [6.45, 7) is 0.583. The Kier molecular flexibility index (Phi) is 5.38. The van der Waals surface area contributed by atoms with Gasteiger partial charge in [-0.15, -0.1) is 0 Å². The number of hydrogen-bond acceptors (Lipinski definition) is 5. The fourth-order valence-corrected chi connectivity index (χ4v) is 3.89. The van der Waals surface area contributed by atoms with Gasteiger partial charge in [-0.1, -0.05) is 11.6 Å². The van der Waals surface area contributed by atoms with E-state index in [0.29, 0.717) is 47.3 Å². The largest absolute Gasteiger partial charge is 0.493 e. The molecule has 0 amide bonds. The van der Waals surface area contributed by atoms with E-state index in [1.165, 1.54) is 38.1 Å². The standard InChI is InChI=1S/C21H19ClF3N3O3/c1-29-16-8-11(9-17(30-2)19(16)31-3)18-13-6-7-26-20(13)28(27-18)15-5-4-12(22)10-14(15)21(23,24)25/h4-5,8-10,26H,6-7H2,1-3H3. The minimum atomic E-state index is -4.59. The zero-order chi connectivity index (χ0) is 22.3. The fraction of sp³-hybridized carbons (Fsp3) is 0.286. The van der Waals surface area contributed by atoms with Crippen LogP contribution in [0.15, 0.2) is 30.3 Å². The Hall–Kier alpha value is -3.07. The molecule has 6 nitrogen and oxygen atoms in total. The topological polar surface area (TPSA) is 57.5 Å². The van der Waals surface area contributed by atoms with Crippen molar-refractivity contribution < 1.29 is 27.4 Å². The highest BCUT2D eigenvalue weighted by molar-refractivity contribution is 6.30. The number of nitrogens with zero attached hydrogens (tertiary/aromatic N) is 2. The second-order valence-corrected chi connectivity index (χ2v) is 7.27. The molecule has 2 heterocycles. The summed E-state index contributed by atoms with van der Waals surface area (Å²) in [7, 11) is 4.49. The summed E-state index contributed by atoms with van der Waals surface area (Å²) in [4.78, 5) is 0. The van der Waals surface area contributed by atoms with Gasteiger partial charge in [0.25, 0.3) is 0 Å². The van der Waals surface area contributed by atoms with Gasteiger partial charge in [0.15, 0.2) is 11.5 Å². The Labute approximate surface area is 181 Å². The summed E-state index contributed by atoms with van der Waals surface area (Å²) in [6, 6.07) is 7.07. The summed E-state index contributed by atoms with van der Waals surface area (Å²) in [5.41, 5.74) is 0.993. The highest BCUT2D eigenvalue weighted by atomic mass is 35.5. The van der Waals surface area contributed by atoms with Crippen LogP contribution in [0, 0.1) is 0 Å². The monoisotopic (exact) mass is 453 g/mol.